The van der Waals surface area contributed by atoms with Crippen LogP contribution in [0.5, 0.6) is 5.06 Å². The van der Waals surface area contributed by atoms with Crippen molar-refractivity contribution in [2.45, 2.75) is 4.21 Å². The van der Waals surface area contributed by atoms with E-state index in [9.17, 15) is 25.0 Å². The van der Waals surface area contributed by atoms with Crippen LogP contribution in [-0.2, 0) is 0 Å². The molecular formula is C14H12N4O6S2. The summed E-state index contributed by atoms with van der Waals surface area (Å²) in [5, 5.41) is 26.1. The van der Waals surface area contributed by atoms with Crippen LogP contribution in [0.15, 0.2) is 33.6 Å². The fourth-order valence-corrected chi connectivity index (χ4v) is 3.36. The first kappa shape index (κ1) is 19.3. The number of ether oxygens (including phenoxy) is 1. The molecule has 0 aliphatic heterocycles. The van der Waals surface area contributed by atoms with Crippen molar-refractivity contribution in [3.63, 3.8) is 0 Å². The van der Waals surface area contributed by atoms with E-state index in [0.29, 0.717) is 10.6 Å². The predicted molar refractivity (Wildman–Crippen MR) is 97.5 cm³/mol. The number of benzene rings is 1. The molecule has 1 N–H and O–H groups in total. The molecule has 0 radical (unpaired) electrons. The molecule has 26 heavy (non-hydrogen) atoms. The Bertz CT molecular complexity index is 863. The third kappa shape index (κ3) is 4.55. The smallest absolute Gasteiger partial charge is 0.277 e. The Morgan fingerprint density at radius 1 is 1.23 bits per heavy atom. The highest BCUT2D eigenvalue weighted by atomic mass is 32.2. The highest BCUT2D eigenvalue weighted by Gasteiger charge is 2.19. The van der Waals surface area contributed by atoms with Crippen molar-refractivity contribution in [1.82, 2.24) is 5.43 Å². The lowest BCUT2D eigenvalue weighted by atomic mass is 10.1. The summed E-state index contributed by atoms with van der Waals surface area (Å²) < 4.78 is 6.20. The number of thioether (sulfide) groups is 1. The van der Waals surface area contributed by atoms with Crippen molar-refractivity contribution < 1.29 is 19.4 Å². The number of rotatable bonds is 7. The van der Waals surface area contributed by atoms with Gasteiger partial charge in [0.1, 0.15) is 0 Å². The van der Waals surface area contributed by atoms with Crippen LogP contribution in [0.25, 0.3) is 0 Å². The fraction of sp³-hybridized carbons (Fsp3) is 0.143. The monoisotopic (exact) mass is 396 g/mol. The van der Waals surface area contributed by atoms with Gasteiger partial charge < -0.3 is 4.74 Å². The maximum Gasteiger partial charge on any atom is 0.277 e. The number of nitro benzene ring substituents is 2. The molecule has 0 fully saturated rings. The summed E-state index contributed by atoms with van der Waals surface area (Å²) in [6.07, 6.45) is 3.27. The van der Waals surface area contributed by atoms with Crippen molar-refractivity contribution in [3.05, 3.63) is 55.6 Å². The standard InChI is InChI=1S/C14H12N4O6S2/c1-24-14-9(5-12(25-2)26-14)7-15-16-13(19)8-3-10(17(20)21)6-11(4-8)18(22)23/h3-7H,1-2H3,(H,16,19)/b15-7-. The van der Waals surface area contributed by atoms with Crippen LogP contribution in [0.1, 0.15) is 15.9 Å². The fourth-order valence-electron chi connectivity index (χ4n) is 1.88. The van der Waals surface area contributed by atoms with Gasteiger partial charge >= 0.3 is 0 Å². The van der Waals surface area contributed by atoms with Crippen molar-refractivity contribution in [3.8, 4) is 5.06 Å². The first-order valence-electron chi connectivity index (χ1n) is 6.84. The number of amides is 1. The zero-order valence-electron chi connectivity index (χ0n) is 13.5. The average Bonchev–Trinajstić information content (AvgIpc) is 3.03. The van der Waals surface area contributed by atoms with Crippen molar-refractivity contribution in [2.75, 3.05) is 13.4 Å². The maximum absolute atomic E-state index is 12.1. The SMILES string of the molecule is COc1sc(SC)cc1/C=N\NC(=O)c1cc([N+](=O)[O-])cc([N+](=O)[O-])c1. The van der Waals surface area contributed by atoms with Crippen LogP contribution in [0.4, 0.5) is 11.4 Å². The summed E-state index contributed by atoms with van der Waals surface area (Å²) in [6, 6.07) is 4.48. The summed E-state index contributed by atoms with van der Waals surface area (Å²) in [6.45, 7) is 0. The summed E-state index contributed by atoms with van der Waals surface area (Å²) in [4.78, 5) is 32.2. The maximum atomic E-state index is 12.1. The largest absolute Gasteiger partial charge is 0.487 e. The van der Waals surface area contributed by atoms with E-state index in [1.807, 2.05) is 12.3 Å². The van der Waals surface area contributed by atoms with Gasteiger partial charge in [-0.25, -0.2) is 5.43 Å². The molecule has 0 atom stereocenters. The van der Waals surface area contributed by atoms with Crippen LogP contribution in [-0.4, -0.2) is 35.3 Å². The van der Waals surface area contributed by atoms with Gasteiger partial charge in [0.15, 0.2) is 5.06 Å². The third-order valence-corrected chi connectivity index (χ3v) is 5.22. The number of nitro groups is 2. The van der Waals surface area contributed by atoms with E-state index in [1.54, 1.807) is 0 Å². The Morgan fingerprint density at radius 3 is 2.35 bits per heavy atom. The van der Waals surface area contributed by atoms with Gasteiger partial charge in [-0.3, -0.25) is 25.0 Å². The molecule has 0 aliphatic carbocycles. The lowest BCUT2D eigenvalue weighted by Gasteiger charge is -2.01. The van der Waals surface area contributed by atoms with Crippen LogP contribution in [0.2, 0.25) is 0 Å². The second-order valence-corrected chi connectivity index (χ2v) is 6.79. The second kappa shape index (κ2) is 8.40. The van der Waals surface area contributed by atoms with E-state index in [-0.39, 0.29) is 5.56 Å². The van der Waals surface area contributed by atoms with E-state index < -0.39 is 27.1 Å². The Labute approximate surface area is 155 Å². The van der Waals surface area contributed by atoms with Crippen molar-refractivity contribution in [2.24, 2.45) is 5.10 Å². The van der Waals surface area contributed by atoms with Crippen molar-refractivity contribution in [1.29, 1.82) is 0 Å². The van der Waals surface area contributed by atoms with E-state index in [2.05, 4.69) is 10.5 Å². The Hall–Kier alpha value is -2.99. The third-order valence-electron chi connectivity index (χ3n) is 3.05. The van der Waals surface area contributed by atoms with Gasteiger partial charge in [-0.05, 0) is 12.3 Å². The quantitative estimate of drug-likeness (QED) is 0.328. The van der Waals surface area contributed by atoms with Gasteiger partial charge in [-0.1, -0.05) is 11.3 Å². The molecule has 1 aromatic heterocycles. The topological polar surface area (TPSA) is 137 Å². The summed E-state index contributed by atoms with van der Waals surface area (Å²) >= 11 is 2.94. The average molecular weight is 396 g/mol. The van der Waals surface area contributed by atoms with Gasteiger partial charge in [0.25, 0.3) is 17.3 Å². The molecule has 0 saturated carbocycles. The number of hydrogen-bond donors (Lipinski definition) is 1. The molecular weight excluding hydrogens is 384 g/mol. The number of nitrogens with one attached hydrogen (secondary N) is 1. The first-order chi connectivity index (χ1) is 12.3. The van der Waals surface area contributed by atoms with Gasteiger partial charge in [-0.2, -0.15) is 5.10 Å². The van der Waals surface area contributed by atoms with Gasteiger partial charge in [0.05, 0.1) is 39.0 Å². The zero-order chi connectivity index (χ0) is 19.3. The number of carbonyl (C=O) groups excluding carboxylic acids is 1. The number of non-ortho nitro benzene ring substituents is 2. The number of methoxy groups -OCH3 is 1. The molecule has 12 heteroatoms. The van der Waals surface area contributed by atoms with E-state index in [1.165, 1.54) is 36.4 Å². The minimum absolute atomic E-state index is 0.245. The van der Waals surface area contributed by atoms with Gasteiger partial charge in [0, 0.05) is 17.7 Å². The molecule has 1 aromatic carbocycles. The molecule has 1 amide bonds. The normalized spacial score (nSPS) is 10.7. The Kier molecular flexibility index (Phi) is 6.25. The first-order valence-corrected chi connectivity index (χ1v) is 8.89. The van der Waals surface area contributed by atoms with Crippen LogP contribution >= 0.6 is 23.1 Å². The molecule has 0 bridgehead atoms. The van der Waals surface area contributed by atoms with Crippen molar-refractivity contribution >= 4 is 46.6 Å². The molecule has 0 unspecified atom stereocenters. The predicted octanol–water partition coefficient (Wildman–Crippen LogP) is 3.06. The van der Waals surface area contributed by atoms with Crippen LogP contribution < -0.4 is 10.2 Å². The molecule has 2 rings (SSSR count). The number of thiophene rings is 1. The molecule has 2 aromatic rings. The number of hydrazone groups is 1. The lowest BCUT2D eigenvalue weighted by Crippen LogP contribution is -2.18. The molecule has 1 heterocycles. The molecule has 0 spiro atoms. The van der Waals surface area contributed by atoms with Crippen LogP contribution in [0.3, 0.4) is 0 Å². The highest BCUT2D eigenvalue weighted by Crippen LogP contribution is 2.34. The summed E-state index contributed by atoms with van der Waals surface area (Å²) in [5.74, 6) is -0.813. The van der Waals surface area contributed by atoms with Gasteiger partial charge in [0.2, 0.25) is 0 Å². The number of hydrogen-bond acceptors (Lipinski definition) is 9. The zero-order valence-corrected chi connectivity index (χ0v) is 15.1. The van der Waals surface area contributed by atoms with E-state index >= 15 is 0 Å². The summed E-state index contributed by atoms with van der Waals surface area (Å²) in [7, 11) is 1.51. The summed E-state index contributed by atoms with van der Waals surface area (Å²) in [5.41, 5.74) is 1.47. The van der Waals surface area contributed by atoms with Gasteiger partial charge in [-0.15, -0.1) is 11.8 Å². The minimum atomic E-state index is -0.813. The Balaban J connectivity index is 2.21. The van der Waals surface area contributed by atoms with Crippen LogP contribution in [0, 0.1) is 20.2 Å². The molecule has 0 aliphatic rings. The second-order valence-electron chi connectivity index (χ2n) is 4.67. The number of nitrogens with zero attached hydrogens (tertiary/aromatic N) is 3. The molecule has 0 saturated heterocycles. The molecule has 10 nitrogen and oxygen atoms in total. The Morgan fingerprint density at radius 2 is 1.85 bits per heavy atom. The molecule has 136 valence electrons. The van der Waals surface area contributed by atoms with E-state index in [4.69, 9.17) is 4.74 Å². The number of carbonyl (C=O) groups is 1. The van der Waals surface area contributed by atoms with E-state index in [0.717, 1.165) is 22.4 Å². The highest BCUT2D eigenvalue weighted by molar-refractivity contribution is 8.00. The minimum Gasteiger partial charge on any atom is -0.487 e. The lowest BCUT2D eigenvalue weighted by molar-refractivity contribution is -0.394.